The van der Waals surface area contributed by atoms with Gasteiger partial charge in [-0.2, -0.15) is 0 Å². The highest BCUT2D eigenvalue weighted by atomic mass is 79.9. The molecule has 26 heteroatoms. The number of aryl methyl sites for hydroxylation is 1. The number of furan rings is 1. The van der Waals surface area contributed by atoms with Gasteiger partial charge in [0, 0.05) is 130 Å². The third-order valence-corrected chi connectivity index (χ3v) is 14.0. The summed E-state index contributed by atoms with van der Waals surface area (Å²) in [7, 11) is 1.77. The van der Waals surface area contributed by atoms with Gasteiger partial charge in [-0.1, -0.05) is 18.2 Å². The van der Waals surface area contributed by atoms with Gasteiger partial charge in [-0.3, -0.25) is 9.59 Å². The van der Waals surface area contributed by atoms with Gasteiger partial charge in [0.2, 0.25) is 5.91 Å². The zero-order valence-electron chi connectivity index (χ0n) is 50.4. The van der Waals surface area contributed by atoms with Gasteiger partial charge >= 0.3 is 11.9 Å². The van der Waals surface area contributed by atoms with E-state index in [-0.39, 0.29) is 36.8 Å². The van der Waals surface area contributed by atoms with Crippen molar-refractivity contribution in [3.63, 3.8) is 0 Å². The van der Waals surface area contributed by atoms with Crippen LogP contribution in [0.2, 0.25) is 0 Å². The number of hydrogen-bond donors (Lipinski definition) is 6. The highest BCUT2D eigenvalue weighted by Crippen LogP contribution is 2.27. The number of anilines is 5. The van der Waals surface area contributed by atoms with E-state index in [0.717, 1.165) is 138 Å². The van der Waals surface area contributed by atoms with Crippen LogP contribution in [0.1, 0.15) is 76.6 Å². The topological polar surface area (TPSA) is 285 Å². The predicted molar refractivity (Wildman–Crippen MR) is 353 cm³/mol. The average Bonchev–Trinajstić information content (AvgIpc) is 1.86. The van der Waals surface area contributed by atoms with Crippen molar-refractivity contribution in [2.24, 2.45) is 0 Å². The van der Waals surface area contributed by atoms with Gasteiger partial charge in [0.15, 0.2) is 0 Å². The van der Waals surface area contributed by atoms with E-state index in [9.17, 15) is 19.2 Å². The molecule has 6 aromatic heterocycles. The molecule has 0 radical (unpaired) electrons. The Balaban J connectivity index is 0.000000165. The van der Waals surface area contributed by atoms with Gasteiger partial charge in [0.1, 0.15) is 52.6 Å². The maximum atomic E-state index is 12.5. The quantitative estimate of drug-likeness (QED) is 0.0609. The maximum Gasteiger partial charge on any atom is 0.331 e. The third kappa shape index (κ3) is 22.1. The fourth-order valence-electron chi connectivity index (χ4n) is 8.87. The number of carbonyl (C=O) groups is 4. The maximum absolute atomic E-state index is 12.5. The zero-order chi connectivity index (χ0) is 63.1. The van der Waals surface area contributed by atoms with Crippen molar-refractivity contribution in [3.8, 4) is 0 Å². The molecule has 5 aliphatic rings. The van der Waals surface area contributed by atoms with Crippen molar-refractivity contribution in [2.45, 2.75) is 72.9 Å². The van der Waals surface area contributed by atoms with Crippen LogP contribution in [0.25, 0.3) is 29.2 Å². The highest BCUT2D eigenvalue weighted by Gasteiger charge is 2.18. The minimum Gasteiger partial charge on any atom is -0.478 e. The molecule has 0 aliphatic carbocycles. The van der Waals surface area contributed by atoms with Gasteiger partial charge in [0.05, 0.1) is 66.0 Å². The highest BCUT2D eigenvalue weighted by molar-refractivity contribution is 9.10. The van der Waals surface area contributed by atoms with Gasteiger partial charge in [-0.05, 0) is 131 Å². The van der Waals surface area contributed by atoms with E-state index < -0.39 is 11.6 Å². The third-order valence-electron chi connectivity index (χ3n) is 13.1. The Morgan fingerprint density at radius 1 is 0.600 bits per heavy atom. The number of carboxylic acids is 1. The molecule has 7 aromatic rings. The number of nitrogens with one attached hydrogen (secondary N) is 5. The van der Waals surface area contributed by atoms with Crippen LogP contribution in [-0.4, -0.2) is 131 Å². The number of esters is 1. The largest absolute Gasteiger partial charge is 0.478 e. The molecular weight excluding hydrogens is 1310 g/mol. The smallest absolute Gasteiger partial charge is 0.331 e. The Morgan fingerprint density at radius 3 is 1.50 bits per heavy atom. The molecule has 12 rings (SSSR count). The van der Waals surface area contributed by atoms with Crippen LogP contribution < -0.4 is 26.6 Å². The van der Waals surface area contributed by atoms with Crippen molar-refractivity contribution in [1.82, 2.24) is 29.8 Å². The van der Waals surface area contributed by atoms with E-state index in [1.54, 1.807) is 61.2 Å². The van der Waals surface area contributed by atoms with Crippen LogP contribution >= 0.6 is 44.3 Å². The predicted octanol–water partition coefficient (Wildman–Crippen LogP) is 10.8. The molecule has 0 unspecified atom stereocenters. The molecule has 11 heterocycles. The summed E-state index contributed by atoms with van der Waals surface area (Å²) in [5.74, 6) is 3.26. The van der Waals surface area contributed by atoms with E-state index in [1.165, 1.54) is 12.2 Å². The molecular formula is C64H72Br2ClN11O12. The zero-order valence-corrected chi connectivity index (χ0v) is 54.4. The standard InChI is InChI=1S/C22H23N3O3.C15H20N2O3.C11H12N2O3.C8H7BrN2O2.C8H9BrN2O.ClH/c1-15-18-5-3-4-6-19(18)28-20(15)13-25(2)21(26)8-7-16-11-17-14-27-10-9-23-22(17)24-12-16;1-15(2,3)20-13(18)5-4-11-8-12-10-19-7-6-16-14(12)17-9-11;14-10(15)2-1-8-5-9-7-16-4-3-12-11(9)13-6-8;9-6-1-5-3-13-4-7(12)11-8(5)10-2-6;9-7-3-6-5-12-2-1-10-8(6)11-4-7;/h3-8,11-12H,9-10,13-14H2,1-2H3,(H,23,24);4-5,8-9H,6-7,10H2,1-3H3,(H,16,17);1-2,5-6H,3-4,7H2,(H,12,13)(H,14,15);1-2H,3-4H2,(H,10,11,12);3-4H,1-2,5H2,(H,10,11);1H/b8-7+;5-4+;2-1+;;;. The molecule has 5 aliphatic heterocycles. The average molecular weight is 1380 g/mol. The lowest BCUT2D eigenvalue weighted by Crippen LogP contribution is -2.24. The molecule has 1 aromatic carbocycles. The molecule has 0 saturated heterocycles. The summed E-state index contributed by atoms with van der Waals surface area (Å²) >= 11 is 6.67. The number of fused-ring (bicyclic) bond motifs is 6. The number of halogens is 3. The van der Waals surface area contributed by atoms with Crippen molar-refractivity contribution in [3.05, 3.63) is 169 Å². The number of rotatable bonds is 8. The first-order valence-corrected chi connectivity index (χ1v) is 30.1. The van der Waals surface area contributed by atoms with Gasteiger partial charge in [0.25, 0.3) is 5.91 Å². The van der Waals surface area contributed by atoms with E-state index in [0.29, 0.717) is 65.2 Å². The molecule has 6 N–H and O–H groups in total. The van der Waals surface area contributed by atoms with Crippen LogP contribution in [0.3, 0.4) is 0 Å². The first-order valence-electron chi connectivity index (χ1n) is 28.5. The number of para-hydroxylation sites is 1. The van der Waals surface area contributed by atoms with Gasteiger partial charge < -0.3 is 69.4 Å². The Morgan fingerprint density at radius 2 is 1.02 bits per heavy atom. The number of aliphatic carboxylic acids is 1. The van der Waals surface area contributed by atoms with Crippen molar-refractivity contribution < 1.29 is 57.1 Å². The fourth-order valence-corrected chi connectivity index (χ4v) is 9.63. The number of carbonyl (C=O) groups excluding carboxylic acids is 3. The SMILES string of the molecule is Brc1cnc2c(c1)COCCN2.CC(C)(C)OC(=O)/C=C/c1cnc2c(c1)COCCN2.Cc1c(CN(C)C(=O)/C=C/c2cnc3c(c2)COCCN3)oc2ccccc12.Cl.O=C(O)/C=C/c1cnc2c(c1)COCCN2.O=C1COCc2cc(Br)cnc2N1. The number of aromatic nitrogens is 5. The number of amides is 2. The fraction of sp³-hybridized carbons (Fsp3) is 0.328. The second-order valence-corrected chi connectivity index (χ2v) is 23.2. The summed E-state index contributed by atoms with van der Waals surface area (Å²) in [4.78, 5) is 68.5. The van der Waals surface area contributed by atoms with Gasteiger partial charge in [-0.25, -0.2) is 34.5 Å². The minimum absolute atomic E-state index is 0. The summed E-state index contributed by atoms with van der Waals surface area (Å²) in [5.41, 5.74) is 8.85. The number of carboxylic acid groups (broad SMARTS) is 1. The Kier molecular flexibility index (Phi) is 26.8. The summed E-state index contributed by atoms with van der Waals surface area (Å²) in [6.45, 7) is 16.5. The Hall–Kier alpha value is -8.14. The second-order valence-electron chi connectivity index (χ2n) is 21.3. The number of benzene rings is 1. The normalized spacial score (nSPS) is 14.9. The number of pyridine rings is 5. The molecule has 476 valence electrons. The summed E-state index contributed by atoms with van der Waals surface area (Å²) in [5, 5.41) is 25.0. The summed E-state index contributed by atoms with van der Waals surface area (Å²) < 4.78 is 39.8. The summed E-state index contributed by atoms with van der Waals surface area (Å²) in [6.07, 6.45) is 17.6. The molecule has 23 nitrogen and oxygen atoms in total. The van der Waals surface area contributed by atoms with Crippen molar-refractivity contribution in [1.29, 1.82) is 0 Å². The first kappa shape index (κ1) is 69.3. The van der Waals surface area contributed by atoms with Crippen molar-refractivity contribution >= 4 is 126 Å². The number of likely N-dealkylation sites (N-methyl/N-ethyl adjacent to an activating group) is 1. The minimum atomic E-state index is -0.968. The Bertz CT molecular complexity index is 3690. The molecule has 2 amide bonds. The molecule has 0 fully saturated rings. The second kappa shape index (κ2) is 34.7. The van der Waals surface area contributed by atoms with Crippen LogP contribution in [-0.2, 0) is 87.2 Å². The van der Waals surface area contributed by atoms with E-state index in [4.69, 9.17) is 37.9 Å². The van der Waals surface area contributed by atoms with Crippen LogP contribution in [0.15, 0.2) is 117 Å². The van der Waals surface area contributed by atoms with Crippen LogP contribution in [0, 0.1) is 6.92 Å². The number of hydrogen-bond acceptors (Lipinski definition) is 20. The molecule has 0 saturated carbocycles. The van der Waals surface area contributed by atoms with Crippen LogP contribution in [0.5, 0.6) is 0 Å². The Labute approximate surface area is 544 Å². The van der Waals surface area contributed by atoms with E-state index in [1.807, 2.05) is 82.3 Å². The first-order chi connectivity index (χ1) is 42.9. The monoisotopic (exact) mass is 1380 g/mol. The number of nitrogens with zero attached hydrogens (tertiary/aromatic N) is 6. The molecule has 0 spiro atoms. The van der Waals surface area contributed by atoms with Crippen molar-refractivity contribution in [2.75, 3.05) is 92.8 Å². The van der Waals surface area contributed by atoms with Crippen LogP contribution in [0.4, 0.5) is 29.1 Å². The lowest BCUT2D eigenvalue weighted by atomic mass is 10.1. The van der Waals surface area contributed by atoms with E-state index >= 15 is 0 Å². The lowest BCUT2D eigenvalue weighted by Gasteiger charge is -2.17. The van der Waals surface area contributed by atoms with Gasteiger partial charge in [-0.15, -0.1) is 12.4 Å². The number of ether oxygens (including phenoxy) is 6. The van der Waals surface area contributed by atoms with E-state index in [2.05, 4.69) is 83.4 Å². The molecule has 90 heavy (non-hydrogen) atoms. The summed E-state index contributed by atoms with van der Waals surface area (Å²) in [6, 6.07) is 17.6. The lowest BCUT2D eigenvalue weighted by molar-refractivity contribution is -0.148. The molecule has 0 bridgehead atoms. The molecule has 0 atom stereocenters.